The second-order valence-electron chi connectivity index (χ2n) is 6.58. The number of nitrogens with zero attached hydrogens (tertiary/aromatic N) is 2. The number of nitrogens with one attached hydrogen (secondary N) is 1. The third-order valence-corrected chi connectivity index (χ3v) is 4.36. The lowest BCUT2D eigenvalue weighted by molar-refractivity contribution is -0.385. The quantitative estimate of drug-likeness (QED) is 0.396. The molecule has 0 saturated carbocycles. The summed E-state index contributed by atoms with van der Waals surface area (Å²) in [6.07, 6.45) is 0. The fourth-order valence-corrected chi connectivity index (χ4v) is 2.82. The summed E-state index contributed by atoms with van der Waals surface area (Å²) in [5, 5.41) is 13.7. The summed E-state index contributed by atoms with van der Waals surface area (Å²) in [6.45, 7) is 1.34. The normalized spacial score (nSPS) is 11.4. The van der Waals surface area contributed by atoms with Gasteiger partial charge in [-0.2, -0.15) is 0 Å². The van der Waals surface area contributed by atoms with Gasteiger partial charge in [0, 0.05) is 29.8 Å². The Hall–Kier alpha value is -3.57. The van der Waals surface area contributed by atoms with Crippen LogP contribution in [0.25, 0.3) is 11.5 Å². The summed E-state index contributed by atoms with van der Waals surface area (Å²) in [5.41, 5.74) is 5.73. The van der Waals surface area contributed by atoms with E-state index in [4.69, 9.17) is 14.9 Å². The van der Waals surface area contributed by atoms with Gasteiger partial charge in [0.2, 0.25) is 5.89 Å². The lowest BCUT2D eigenvalue weighted by Gasteiger charge is -2.07. The highest BCUT2D eigenvalue weighted by Crippen LogP contribution is 2.33. The molecule has 0 unspecified atom stereocenters. The fourth-order valence-electron chi connectivity index (χ4n) is 2.82. The standard InChI is InChI=1S/C20H18F2N4O5.ClH/c1-10(23)18-17(19(27)24-9-12-3-5-13(21)8-14(12)22)25-20(31-18)11-4-6-16(30-2)15(7-11)26(28)29;/h3-8,10H,9,23H2,1-2H3,(H,24,27);1H/t10-;/m0./s1. The Morgan fingerprint density at radius 3 is 2.62 bits per heavy atom. The number of ether oxygens (including phenoxy) is 1. The van der Waals surface area contributed by atoms with E-state index < -0.39 is 28.5 Å². The summed E-state index contributed by atoms with van der Waals surface area (Å²) in [4.78, 5) is 27.4. The second-order valence-corrected chi connectivity index (χ2v) is 6.58. The number of aromatic nitrogens is 1. The average molecular weight is 469 g/mol. The van der Waals surface area contributed by atoms with Gasteiger partial charge in [-0.05, 0) is 25.1 Å². The van der Waals surface area contributed by atoms with Crippen LogP contribution < -0.4 is 15.8 Å². The third kappa shape index (κ3) is 5.18. The number of carbonyl (C=O) groups is 1. The van der Waals surface area contributed by atoms with E-state index in [-0.39, 0.29) is 58.9 Å². The number of nitro benzene ring substituents is 1. The highest BCUT2D eigenvalue weighted by Gasteiger charge is 2.25. The van der Waals surface area contributed by atoms with Crippen molar-refractivity contribution >= 4 is 24.0 Å². The fraction of sp³-hybridized carbons (Fsp3) is 0.200. The molecule has 1 amide bonds. The van der Waals surface area contributed by atoms with Gasteiger partial charge in [0.1, 0.15) is 11.6 Å². The molecule has 9 nitrogen and oxygen atoms in total. The van der Waals surface area contributed by atoms with E-state index in [9.17, 15) is 23.7 Å². The van der Waals surface area contributed by atoms with Crippen LogP contribution in [0.3, 0.4) is 0 Å². The predicted molar refractivity (Wildman–Crippen MR) is 113 cm³/mol. The Morgan fingerprint density at radius 1 is 1.31 bits per heavy atom. The molecule has 170 valence electrons. The van der Waals surface area contributed by atoms with Crippen molar-refractivity contribution in [3.8, 4) is 17.2 Å². The van der Waals surface area contributed by atoms with Crippen molar-refractivity contribution in [2.24, 2.45) is 5.73 Å². The topological polar surface area (TPSA) is 134 Å². The van der Waals surface area contributed by atoms with E-state index in [2.05, 4.69) is 10.3 Å². The van der Waals surface area contributed by atoms with Crippen LogP contribution in [0.2, 0.25) is 0 Å². The zero-order valence-electron chi connectivity index (χ0n) is 16.9. The van der Waals surface area contributed by atoms with Crippen LogP contribution in [0.5, 0.6) is 5.75 Å². The largest absolute Gasteiger partial charge is 0.490 e. The van der Waals surface area contributed by atoms with E-state index in [0.717, 1.165) is 6.07 Å². The average Bonchev–Trinajstić information content (AvgIpc) is 3.18. The molecule has 2 aromatic carbocycles. The molecule has 3 rings (SSSR count). The minimum absolute atomic E-state index is 0. The summed E-state index contributed by atoms with van der Waals surface area (Å²) >= 11 is 0. The number of nitrogens with two attached hydrogens (primary N) is 1. The van der Waals surface area contributed by atoms with Crippen LogP contribution in [-0.4, -0.2) is 22.9 Å². The summed E-state index contributed by atoms with van der Waals surface area (Å²) in [7, 11) is 1.30. The molecule has 0 spiro atoms. The molecule has 3 aromatic rings. The Labute approximate surface area is 187 Å². The Kier molecular flexibility index (Phi) is 7.84. The van der Waals surface area contributed by atoms with Crippen LogP contribution in [-0.2, 0) is 6.54 Å². The van der Waals surface area contributed by atoms with Gasteiger partial charge < -0.3 is 20.2 Å². The molecule has 0 saturated heterocycles. The molecule has 12 heteroatoms. The summed E-state index contributed by atoms with van der Waals surface area (Å²) in [5.74, 6) is -2.21. The molecule has 0 bridgehead atoms. The van der Waals surface area contributed by atoms with E-state index >= 15 is 0 Å². The van der Waals surface area contributed by atoms with Crippen LogP contribution in [0, 0.1) is 21.7 Å². The highest BCUT2D eigenvalue weighted by atomic mass is 35.5. The van der Waals surface area contributed by atoms with Gasteiger partial charge in [0.15, 0.2) is 17.2 Å². The molecule has 0 fully saturated rings. The number of carbonyl (C=O) groups excluding carboxylic acids is 1. The molecule has 1 atom stereocenters. The number of hydrogen-bond donors (Lipinski definition) is 2. The summed E-state index contributed by atoms with van der Waals surface area (Å²) < 4.78 is 37.4. The first-order valence-electron chi connectivity index (χ1n) is 9.02. The first kappa shape index (κ1) is 24.7. The molecule has 0 aliphatic rings. The number of nitro groups is 1. The minimum Gasteiger partial charge on any atom is -0.490 e. The van der Waals surface area contributed by atoms with E-state index in [1.54, 1.807) is 6.92 Å². The molecule has 0 aliphatic heterocycles. The number of oxazole rings is 1. The molecule has 0 radical (unpaired) electrons. The Bertz CT molecular complexity index is 1150. The van der Waals surface area contributed by atoms with Crippen molar-refractivity contribution in [1.82, 2.24) is 10.3 Å². The van der Waals surface area contributed by atoms with Gasteiger partial charge in [-0.1, -0.05) is 6.07 Å². The smallest absolute Gasteiger partial charge is 0.311 e. The number of hydrogen-bond acceptors (Lipinski definition) is 7. The van der Waals surface area contributed by atoms with Crippen LogP contribution in [0.4, 0.5) is 14.5 Å². The number of benzene rings is 2. The van der Waals surface area contributed by atoms with Crippen molar-refractivity contribution in [1.29, 1.82) is 0 Å². The van der Waals surface area contributed by atoms with Crippen molar-refractivity contribution in [3.05, 3.63) is 75.2 Å². The van der Waals surface area contributed by atoms with Crippen LogP contribution >= 0.6 is 12.4 Å². The lowest BCUT2D eigenvalue weighted by atomic mass is 10.2. The van der Waals surface area contributed by atoms with Crippen LogP contribution in [0.1, 0.15) is 34.8 Å². The zero-order chi connectivity index (χ0) is 22.7. The maximum atomic E-state index is 13.8. The monoisotopic (exact) mass is 468 g/mol. The third-order valence-electron chi connectivity index (χ3n) is 4.36. The Balaban J connectivity index is 0.00000363. The predicted octanol–water partition coefficient (Wildman–Crippen LogP) is 3.91. The van der Waals surface area contributed by atoms with Gasteiger partial charge in [-0.15, -0.1) is 12.4 Å². The molecular formula is C20H19ClF2N4O5. The maximum absolute atomic E-state index is 13.8. The van der Waals surface area contributed by atoms with Gasteiger partial charge in [0.25, 0.3) is 5.91 Å². The maximum Gasteiger partial charge on any atom is 0.311 e. The van der Waals surface area contributed by atoms with Crippen LogP contribution in [0.15, 0.2) is 40.8 Å². The van der Waals surface area contributed by atoms with Crippen molar-refractivity contribution < 1.29 is 27.7 Å². The molecule has 3 N–H and O–H groups in total. The number of rotatable bonds is 7. The molecular weight excluding hydrogens is 450 g/mol. The lowest BCUT2D eigenvalue weighted by Crippen LogP contribution is -2.25. The van der Waals surface area contributed by atoms with Crippen molar-refractivity contribution in [2.75, 3.05) is 7.11 Å². The number of methoxy groups -OCH3 is 1. The van der Waals surface area contributed by atoms with E-state index in [0.29, 0.717) is 6.07 Å². The van der Waals surface area contributed by atoms with Gasteiger partial charge in [-0.25, -0.2) is 13.8 Å². The SMILES string of the molecule is COc1ccc(-c2nc(C(=O)NCc3ccc(F)cc3F)c([C@H](C)N)o2)cc1[N+](=O)[O-].Cl. The molecule has 0 aliphatic carbocycles. The Morgan fingerprint density at radius 2 is 2.03 bits per heavy atom. The van der Waals surface area contributed by atoms with Crippen molar-refractivity contribution in [3.63, 3.8) is 0 Å². The first-order chi connectivity index (χ1) is 14.7. The van der Waals surface area contributed by atoms with E-state index in [1.807, 2.05) is 0 Å². The number of amides is 1. The molecule has 1 aromatic heterocycles. The second kappa shape index (κ2) is 10.2. The number of halogens is 3. The summed E-state index contributed by atoms with van der Waals surface area (Å²) in [6, 6.07) is 6.33. The zero-order valence-corrected chi connectivity index (χ0v) is 17.7. The first-order valence-corrected chi connectivity index (χ1v) is 9.02. The van der Waals surface area contributed by atoms with E-state index in [1.165, 1.54) is 31.4 Å². The highest BCUT2D eigenvalue weighted by molar-refractivity contribution is 5.94. The minimum atomic E-state index is -0.806. The van der Waals surface area contributed by atoms with Gasteiger partial charge >= 0.3 is 5.69 Å². The molecule has 1 heterocycles. The van der Waals surface area contributed by atoms with Crippen molar-refractivity contribution in [2.45, 2.75) is 19.5 Å². The molecule has 32 heavy (non-hydrogen) atoms. The van der Waals surface area contributed by atoms with Gasteiger partial charge in [0.05, 0.1) is 18.1 Å². The van der Waals surface area contributed by atoms with Gasteiger partial charge in [-0.3, -0.25) is 14.9 Å².